The maximum absolute atomic E-state index is 7.00. The van der Waals surface area contributed by atoms with Crippen LogP contribution in [0.25, 0.3) is 0 Å². The molecule has 0 aromatic carbocycles. The summed E-state index contributed by atoms with van der Waals surface area (Å²) in [5.41, 5.74) is 2.82. The molecule has 158 valence electrons. The predicted octanol–water partition coefficient (Wildman–Crippen LogP) is 3.38. The van der Waals surface area contributed by atoms with E-state index < -0.39 is 0 Å². The summed E-state index contributed by atoms with van der Waals surface area (Å²) < 4.78 is 7.89. The van der Waals surface area contributed by atoms with Crippen molar-refractivity contribution in [3.8, 4) is 0 Å². The van der Waals surface area contributed by atoms with Crippen molar-refractivity contribution in [1.29, 1.82) is 0 Å². The van der Waals surface area contributed by atoms with Crippen molar-refractivity contribution >= 4 is 6.21 Å². The second-order valence-electron chi connectivity index (χ2n) is 8.87. The Morgan fingerprint density at radius 2 is 1.64 bits per heavy atom. The third-order valence-corrected chi connectivity index (χ3v) is 4.42. The third kappa shape index (κ3) is 11.0. The molecule has 0 atom stereocenters. The molecular weight excluding hydrogens is 348 g/mol. The first-order valence-corrected chi connectivity index (χ1v) is 10.1. The summed E-state index contributed by atoms with van der Waals surface area (Å²) in [6.45, 7) is 15.0. The number of nitrogens with two attached hydrogens (primary N) is 1. The number of allylic oxidation sites excluding steroid dienone is 3. The number of nitrogens with zero attached hydrogens (tertiary/aromatic N) is 1. The molecule has 0 aliphatic heterocycles. The molecule has 28 heavy (non-hydrogen) atoms. The highest BCUT2D eigenvalue weighted by molar-refractivity contribution is 5.67. The van der Waals surface area contributed by atoms with Crippen LogP contribution in [0.1, 0.15) is 66.4 Å². The van der Waals surface area contributed by atoms with E-state index in [1.54, 1.807) is 12.5 Å². The Bertz CT molecular complexity index is 603. The topological polar surface area (TPSA) is 58.9 Å². The van der Waals surface area contributed by atoms with Crippen molar-refractivity contribution in [3.63, 3.8) is 0 Å². The number of unbranched alkanes of at least 4 members (excludes halogenated alkanes) is 2. The smallest absolute Gasteiger partial charge is 0.169 e. The van der Waals surface area contributed by atoms with Gasteiger partial charge in [-0.05, 0) is 40.9 Å². The zero-order chi connectivity index (χ0) is 21.6. The Kier molecular flexibility index (Phi) is 12.4. The van der Waals surface area contributed by atoms with Crippen LogP contribution in [-0.2, 0) is 16.7 Å². The quantitative estimate of drug-likeness (QED) is 0.223. The molecule has 0 aliphatic rings. The number of aliphatic hydroxyl groups is 1. The van der Waals surface area contributed by atoms with E-state index in [0.717, 1.165) is 32.3 Å². The van der Waals surface area contributed by atoms with Crippen LogP contribution in [0.3, 0.4) is 0 Å². The molecule has 0 bridgehead atoms. The van der Waals surface area contributed by atoms with Crippen molar-refractivity contribution in [2.24, 2.45) is 5.41 Å². The molecule has 4 nitrogen and oxygen atoms in total. The Morgan fingerprint density at radius 3 is 2.14 bits per heavy atom. The fourth-order valence-electron chi connectivity index (χ4n) is 2.61. The van der Waals surface area contributed by atoms with Crippen molar-refractivity contribution in [2.75, 3.05) is 13.7 Å². The van der Waals surface area contributed by atoms with E-state index in [4.69, 9.17) is 15.3 Å². The van der Waals surface area contributed by atoms with Crippen LogP contribution < -0.4 is 9.98 Å². The van der Waals surface area contributed by atoms with Gasteiger partial charge in [0.1, 0.15) is 6.54 Å². The van der Waals surface area contributed by atoms with Crippen molar-refractivity contribution < 1.29 is 19.8 Å². The first-order chi connectivity index (χ1) is 13.1. The largest absolute Gasteiger partial charge is 0.501 e. The summed E-state index contributed by atoms with van der Waals surface area (Å²) in [7, 11) is 1.00. The van der Waals surface area contributed by atoms with Crippen LogP contribution in [0.4, 0.5) is 0 Å². The van der Waals surface area contributed by atoms with Crippen LogP contribution in [0.5, 0.6) is 0 Å². The number of aromatic nitrogens is 1. The van der Waals surface area contributed by atoms with Gasteiger partial charge in [-0.3, -0.25) is 5.41 Å². The lowest BCUT2D eigenvalue weighted by molar-refractivity contribution is -0.697. The van der Waals surface area contributed by atoms with Crippen LogP contribution in [-0.4, -0.2) is 25.0 Å². The molecule has 1 heterocycles. The molecular formula is C24H42N2O2+2. The minimum atomic E-state index is 0.0650. The fourth-order valence-corrected chi connectivity index (χ4v) is 2.61. The van der Waals surface area contributed by atoms with E-state index in [9.17, 15) is 0 Å². The Balaban J connectivity index is 0.00000352. The van der Waals surface area contributed by atoms with Gasteiger partial charge in [0, 0.05) is 31.7 Å². The second kappa shape index (κ2) is 13.3. The van der Waals surface area contributed by atoms with Gasteiger partial charge in [-0.15, -0.1) is 0 Å². The summed E-state index contributed by atoms with van der Waals surface area (Å²) in [6.07, 6.45) is 15.1. The number of hydrogen-bond donors (Lipinski definition) is 2. The minimum absolute atomic E-state index is 0.0650. The molecule has 1 rings (SSSR count). The van der Waals surface area contributed by atoms with Crippen molar-refractivity contribution in [3.05, 3.63) is 54.1 Å². The first-order valence-electron chi connectivity index (χ1n) is 10.1. The Hall–Kier alpha value is -1.94. The molecule has 0 aliphatic carbocycles. The van der Waals surface area contributed by atoms with E-state index in [1.165, 1.54) is 18.4 Å². The maximum atomic E-state index is 7.00. The van der Waals surface area contributed by atoms with Gasteiger partial charge in [0.15, 0.2) is 18.6 Å². The summed E-state index contributed by atoms with van der Waals surface area (Å²) in [5, 5.41) is 12.5. The Morgan fingerprint density at radius 1 is 1.04 bits per heavy atom. The molecule has 4 heteroatoms. The molecule has 0 saturated heterocycles. The van der Waals surface area contributed by atoms with Gasteiger partial charge >= 0.3 is 0 Å². The molecule has 0 saturated carbocycles. The molecule has 1 aromatic rings. The van der Waals surface area contributed by atoms with Gasteiger partial charge < -0.3 is 9.84 Å². The summed E-state index contributed by atoms with van der Waals surface area (Å²) in [5.74, 6) is 0. The minimum Gasteiger partial charge on any atom is -0.501 e. The van der Waals surface area contributed by atoms with Crippen LogP contribution >= 0.6 is 0 Å². The molecule has 0 fully saturated rings. The number of ether oxygens (including phenoxy) is 1. The maximum Gasteiger partial charge on any atom is 0.169 e. The van der Waals surface area contributed by atoms with Crippen molar-refractivity contribution in [1.82, 2.24) is 0 Å². The molecule has 0 radical (unpaired) electrons. The van der Waals surface area contributed by atoms with Gasteiger partial charge in [-0.1, -0.05) is 41.5 Å². The van der Waals surface area contributed by atoms with Crippen molar-refractivity contribution in [2.45, 2.75) is 72.8 Å². The van der Waals surface area contributed by atoms with Gasteiger partial charge in [0.2, 0.25) is 0 Å². The lowest BCUT2D eigenvalue weighted by Crippen LogP contribution is -2.33. The zero-order valence-electron chi connectivity index (χ0n) is 19.0. The molecule has 3 N–H and O–H groups in total. The Labute approximate surface area is 172 Å². The summed E-state index contributed by atoms with van der Waals surface area (Å²) in [6, 6.07) is 4.46. The number of pyridine rings is 1. The number of aliphatic hydroxyl groups excluding tert-OH is 1. The highest BCUT2D eigenvalue weighted by Gasteiger charge is 2.15. The lowest BCUT2D eigenvalue weighted by Gasteiger charge is -2.19. The fraction of sp³-hybridized carbons (Fsp3) is 0.583. The van der Waals surface area contributed by atoms with E-state index >= 15 is 0 Å². The predicted molar refractivity (Wildman–Crippen MR) is 118 cm³/mol. The lowest BCUT2D eigenvalue weighted by atomic mass is 9.86. The average molecular weight is 391 g/mol. The molecule has 0 spiro atoms. The standard InChI is InChI=1S/C23H37N2O.CH4O/c1-22(2,3)20(10-14-24)13-19-26-18-9-7-8-15-25-16-11-21(12-17-25)23(4,5)6;1-2/h10-14,16-17,19,24H,7-9,15,18H2,1-6H3;2H,1H3/q+1;/p+1/b19-13-,20-10+,24-14?;. The third-order valence-electron chi connectivity index (χ3n) is 4.42. The average Bonchev–Trinajstić information content (AvgIpc) is 2.63. The number of rotatable bonds is 9. The SMILES string of the molecule is CC(C)(C)C(/C=C\OCCCCC[n+]1ccc(C(C)(C)C)cc1)=C/C=[NH2+].CO. The van der Waals surface area contributed by atoms with E-state index in [-0.39, 0.29) is 10.8 Å². The first kappa shape index (κ1) is 26.1. The van der Waals surface area contributed by atoms with Gasteiger partial charge in [0.25, 0.3) is 0 Å². The van der Waals surface area contributed by atoms with Crippen LogP contribution in [0, 0.1) is 5.41 Å². The van der Waals surface area contributed by atoms with E-state index in [1.807, 2.05) is 12.2 Å². The summed E-state index contributed by atoms with van der Waals surface area (Å²) in [4.78, 5) is 0. The normalized spacial score (nSPS) is 12.5. The number of aryl methyl sites for hydroxylation is 1. The van der Waals surface area contributed by atoms with Crippen LogP contribution in [0.2, 0.25) is 0 Å². The van der Waals surface area contributed by atoms with Gasteiger partial charge in [-0.25, -0.2) is 4.57 Å². The number of hydrogen-bond acceptors (Lipinski definition) is 2. The van der Waals surface area contributed by atoms with Gasteiger partial charge in [0.05, 0.1) is 12.9 Å². The monoisotopic (exact) mass is 390 g/mol. The van der Waals surface area contributed by atoms with E-state index in [2.05, 4.69) is 70.6 Å². The van der Waals surface area contributed by atoms with Gasteiger partial charge in [-0.2, -0.15) is 0 Å². The zero-order valence-corrected chi connectivity index (χ0v) is 19.0. The molecule has 0 amide bonds. The highest BCUT2D eigenvalue weighted by atomic mass is 16.5. The summed E-state index contributed by atoms with van der Waals surface area (Å²) >= 11 is 0. The second-order valence-corrected chi connectivity index (χ2v) is 8.87. The molecule has 0 unspecified atom stereocenters. The van der Waals surface area contributed by atoms with Crippen LogP contribution in [0.15, 0.2) is 48.5 Å². The highest BCUT2D eigenvalue weighted by Crippen LogP contribution is 2.25. The molecule has 1 aromatic heterocycles. The van der Waals surface area contributed by atoms with E-state index in [0.29, 0.717) is 0 Å².